The first kappa shape index (κ1) is 12.4. The molecule has 0 radical (unpaired) electrons. The number of pyridine rings is 1. The lowest BCUT2D eigenvalue weighted by Crippen LogP contribution is -2.13. The maximum Gasteiger partial charge on any atom is 0.341 e. The van der Waals surface area contributed by atoms with Crippen molar-refractivity contribution in [3.8, 4) is 5.88 Å². The predicted molar refractivity (Wildman–Crippen MR) is 52.2 cm³/mol. The van der Waals surface area contributed by atoms with Crippen LogP contribution in [0.4, 0.5) is 8.78 Å². The fraction of sp³-hybridized carbons (Fsp3) is 0.400. The van der Waals surface area contributed by atoms with Gasteiger partial charge in [0.2, 0.25) is 5.88 Å². The number of carboxylic acid groups (broad SMARTS) is 1. The van der Waals surface area contributed by atoms with Crippen molar-refractivity contribution in [1.29, 1.82) is 0 Å². The quantitative estimate of drug-likeness (QED) is 0.861. The molecule has 16 heavy (non-hydrogen) atoms. The van der Waals surface area contributed by atoms with Crippen LogP contribution >= 0.6 is 0 Å². The molecular weight excluding hydrogens is 220 g/mol. The van der Waals surface area contributed by atoms with Crippen LogP contribution in [0.2, 0.25) is 0 Å². The number of hydrogen-bond acceptors (Lipinski definition) is 3. The molecule has 0 aliphatic carbocycles. The lowest BCUT2D eigenvalue weighted by atomic mass is 10.1. The lowest BCUT2D eigenvalue weighted by Gasteiger charge is -2.10. The van der Waals surface area contributed by atoms with Crippen molar-refractivity contribution in [2.45, 2.75) is 20.3 Å². The number of aryl methyl sites for hydroxylation is 2. The van der Waals surface area contributed by atoms with Gasteiger partial charge in [-0.15, -0.1) is 0 Å². The average Bonchev–Trinajstić information content (AvgIpc) is 2.12. The highest BCUT2D eigenvalue weighted by atomic mass is 19.3. The average molecular weight is 231 g/mol. The van der Waals surface area contributed by atoms with Gasteiger partial charge >= 0.3 is 5.97 Å². The molecule has 0 aromatic carbocycles. The first-order valence-corrected chi connectivity index (χ1v) is 4.54. The third-order valence-corrected chi connectivity index (χ3v) is 1.87. The Morgan fingerprint density at radius 3 is 2.69 bits per heavy atom. The molecular formula is C10H11F2NO3. The van der Waals surface area contributed by atoms with Gasteiger partial charge in [0.05, 0.1) is 0 Å². The fourth-order valence-corrected chi connectivity index (χ4v) is 1.31. The van der Waals surface area contributed by atoms with Gasteiger partial charge in [-0.1, -0.05) is 0 Å². The van der Waals surface area contributed by atoms with Crippen LogP contribution in [0.5, 0.6) is 5.88 Å². The third-order valence-electron chi connectivity index (χ3n) is 1.87. The Balaban J connectivity index is 3.09. The molecule has 0 aliphatic heterocycles. The Morgan fingerprint density at radius 2 is 2.19 bits per heavy atom. The lowest BCUT2D eigenvalue weighted by molar-refractivity contribution is 0.0655. The maximum absolute atomic E-state index is 12.0. The number of rotatable bonds is 4. The summed E-state index contributed by atoms with van der Waals surface area (Å²) < 4.78 is 28.6. The number of halogens is 2. The number of nitrogens with zero attached hydrogens (tertiary/aromatic N) is 1. The first-order chi connectivity index (χ1) is 7.41. The van der Waals surface area contributed by atoms with Crippen LogP contribution in [0, 0.1) is 13.8 Å². The molecule has 0 aliphatic rings. The minimum Gasteiger partial charge on any atom is -0.477 e. The van der Waals surface area contributed by atoms with Crippen molar-refractivity contribution in [2.24, 2.45) is 0 Å². The number of aromatic carboxylic acids is 1. The second-order valence-corrected chi connectivity index (χ2v) is 3.27. The molecule has 88 valence electrons. The first-order valence-electron chi connectivity index (χ1n) is 4.54. The van der Waals surface area contributed by atoms with E-state index in [0.717, 1.165) is 0 Å². The molecule has 0 fully saturated rings. The van der Waals surface area contributed by atoms with Crippen molar-refractivity contribution in [2.75, 3.05) is 6.61 Å². The van der Waals surface area contributed by atoms with Gasteiger partial charge < -0.3 is 9.84 Å². The Bertz CT molecular complexity index is 407. The van der Waals surface area contributed by atoms with E-state index in [4.69, 9.17) is 5.11 Å². The third kappa shape index (κ3) is 2.88. The largest absolute Gasteiger partial charge is 0.477 e. The van der Waals surface area contributed by atoms with E-state index in [-0.39, 0.29) is 11.4 Å². The van der Waals surface area contributed by atoms with Crippen LogP contribution < -0.4 is 4.74 Å². The summed E-state index contributed by atoms with van der Waals surface area (Å²) in [4.78, 5) is 14.7. The van der Waals surface area contributed by atoms with Crippen molar-refractivity contribution >= 4 is 5.97 Å². The van der Waals surface area contributed by atoms with Gasteiger partial charge in [0, 0.05) is 5.69 Å². The molecule has 1 rings (SSSR count). The highest BCUT2D eigenvalue weighted by Crippen LogP contribution is 2.21. The van der Waals surface area contributed by atoms with Gasteiger partial charge in [0.1, 0.15) is 5.56 Å². The SMILES string of the molecule is Cc1cc(C)c(C(=O)O)c(OCC(F)F)n1. The Hall–Kier alpha value is -1.72. The monoisotopic (exact) mass is 231 g/mol. The zero-order valence-corrected chi connectivity index (χ0v) is 8.83. The molecule has 0 saturated carbocycles. The number of hydrogen-bond donors (Lipinski definition) is 1. The van der Waals surface area contributed by atoms with E-state index in [2.05, 4.69) is 9.72 Å². The van der Waals surface area contributed by atoms with E-state index >= 15 is 0 Å². The van der Waals surface area contributed by atoms with Crippen molar-refractivity contribution in [1.82, 2.24) is 4.98 Å². The smallest absolute Gasteiger partial charge is 0.341 e. The zero-order valence-electron chi connectivity index (χ0n) is 8.83. The summed E-state index contributed by atoms with van der Waals surface area (Å²) in [6.45, 7) is 2.33. The molecule has 6 heteroatoms. The van der Waals surface area contributed by atoms with Gasteiger partial charge in [-0.05, 0) is 25.5 Å². The zero-order chi connectivity index (χ0) is 12.3. The molecule has 0 bridgehead atoms. The Labute approximate surface area is 90.9 Å². The molecule has 0 saturated heterocycles. The second kappa shape index (κ2) is 4.87. The standard InChI is InChI=1S/C10H11F2NO3/c1-5-3-6(2)13-9(8(5)10(14)15)16-4-7(11)12/h3,7H,4H2,1-2H3,(H,14,15). The Kier molecular flexibility index (Phi) is 3.76. The highest BCUT2D eigenvalue weighted by molar-refractivity contribution is 5.91. The molecule has 1 aromatic rings. The van der Waals surface area contributed by atoms with E-state index < -0.39 is 19.0 Å². The van der Waals surface area contributed by atoms with Crippen molar-refractivity contribution < 1.29 is 23.4 Å². The van der Waals surface area contributed by atoms with Gasteiger partial charge in [0.15, 0.2) is 6.61 Å². The van der Waals surface area contributed by atoms with E-state index in [9.17, 15) is 13.6 Å². The molecule has 0 spiro atoms. The molecule has 1 N–H and O–H groups in total. The van der Waals surface area contributed by atoms with Crippen LogP contribution in [0.3, 0.4) is 0 Å². The predicted octanol–water partition coefficient (Wildman–Crippen LogP) is 2.04. The highest BCUT2D eigenvalue weighted by Gasteiger charge is 2.18. The number of ether oxygens (including phenoxy) is 1. The molecule has 1 aromatic heterocycles. The number of aromatic nitrogens is 1. The molecule has 4 nitrogen and oxygen atoms in total. The number of carbonyl (C=O) groups is 1. The Morgan fingerprint density at radius 1 is 1.56 bits per heavy atom. The van der Waals surface area contributed by atoms with Gasteiger partial charge in [0.25, 0.3) is 6.43 Å². The summed E-state index contributed by atoms with van der Waals surface area (Å²) in [5.41, 5.74) is 0.780. The van der Waals surface area contributed by atoms with E-state index in [1.165, 1.54) is 0 Å². The van der Waals surface area contributed by atoms with Crippen LogP contribution in [-0.2, 0) is 0 Å². The summed E-state index contributed by atoms with van der Waals surface area (Å²) in [6.07, 6.45) is -2.66. The second-order valence-electron chi connectivity index (χ2n) is 3.27. The van der Waals surface area contributed by atoms with Crippen molar-refractivity contribution in [3.05, 3.63) is 22.9 Å². The number of alkyl halides is 2. The summed E-state index contributed by atoms with van der Waals surface area (Å²) >= 11 is 0. The molecule has 0 unspecified atom stereocenters. The van der Waals surface area contributed by atoms with E-state index in [1.807, 2.05) is 0 Å². The van der Waals surface area contributed by atoms with Gasteiger partial charge in [-0.3, -0.25) is 0 Å². The fourth-order valence-electron chi connectivity index (χ4n) is 1.31. The minimum absolute atomic E-state index is 0.175. The summed E-state index contributed by atoms with van der Waals surface area (Å²) in [7, 11) is 0. The number of carboxylic acids is 1. The van der Waals surface area contributed by atoms with Crippen molar-refractivity contribution in [3.63, 3.8) is 0 Å². The topological polar surface area (TPSA) is 59.4 Å². The summed E-state index contributed by atoms with van der Waals surface area (Å²) in [5, 5.41) is 8.90. The van der Waals surface area contributed by atoms with E-state index in [1.54, 1.807) is 19.9 Å². The molecule has 0 atom stereocenters. The van der Waals surface area contributed by atoms with Crippen LogP contribution in [0.25, 0.3) is 0 Å². The van der Waals surface area contributed by atoms with E-state index in [0.29, 0.717) is 11.3 Å². The minimum atomic E-state index is -2.66. The maximum atomic E-state index is 12.0. The molecule has 1 heterocycles. The summed E-state index contributed by atoms with van der Waals surface area (Å²) in [5.74, 6) is -1.50. The van der Waals surface area contributed by atoms with Gasteiger partial charge in [-0.25, -0.2) is 18.6 Å². The normalized spacial score (nSPS) is 10.6. The summed E-state index contributed by atoms with van der Waals surface area (Å²) in [6, 6.07) is 1.55. The van der Waals surface area contributed by atoms with Gasteiger partial charge in [-0.2, -0.15) is 0 Å². The van der Waals surface area contributed by atoms with Crippen LogP contribution in [0.15, 0.2) is 6.07 Å². The van der Waals surface area contributed by atoms with Crippen LogP contribution in [0.1, 0.15) is 21.6 Å². The van der Waals surface area contributed by atoms with Crippen LogP contribution in [-0.4, -0.2) is 29.1 Å². The molecule has 0 amide bonds.